The van der Waals surface area contributed by atoms with Crippen LogP contribution >= 0.6 is 0 Å². The van der Waals surface area contributed by atoms with Gasteiger partial charge in [0.2, 0.25) is 0 Å². The van der Waals surface area contributed by atoms with Crippen molar-refractivity contribution in [1.82, 2.24) is 4.98 Å². The topological polar surface area (TPSA) is 39.2 Å². The van der Waals surface area contributed by atoms with Gasteiger partial charge in [-0.05, 0) is 29.2 Å². The first kappa shape index (κ1) is 14.7. The van der Waals surface area contributed by atoms with E-state index in [1.165, 1.54) is 0 Å². The van der Waals surface area contributed by atoms with Gasteiger partial charge in [-0.15, -0.1) is 0 Å². The number of hydrogen-bond donors (Lipinski definition) is 0. The molecule has 1 heterocycles. The summed E-state index contributed by atoms with van der Waals surface area (Å²) in [4.78, 5) is 16.3. The summed E-state index contributed by atoms with van der Waals surface area (Å²) in [5.41, 5.74) is 3.70. The largest absolute Gasteiger partial charge is 0.456 e. The van der Waals surface area contributed by atoms with Crippen molar-refractivity contribution in [3.05, 3.63) is 77.6 Å². The summed E-state index contributed by atoms with van der Waals surface area (Å²) in [6.07, 6.45) is 4.99. The van der Waals surface area contributed by atoms with Crippen LogP contribution in [0.25, 0.3) is 12.2 Å². The van der Waals surface area contributed by atoms with Crippen LogP contribution in [0.5, 0.6) is 0 Å². The monoisotopic (exact) mass is 279 g/mol. The first-order valence-electron chi connectivity index (χ1n) is 6.63. The molecule has 0 bridgehead atoms. The van der Waals surface area contributed by atoms with Crippen LogP contribution in [0, 0.1) is 6.92 Å². The van der Waals surface area contributed by atoms with Crippen molar-refractivity contribution >= 4 is 18.1 Å². The molecular weight excluding hydrogens is 262 g/mol. The van der Waals surface area contributed by atoms with E-state index in [-0.39, 0.29) is 6.61 Å². The number of rotatable bonds is 5. The molecule has 2 aromatic rings. The van der Waals surface area contributed by atoms with Gasteiger partial charge in [-0.1, -0.05) is 55.6 Å². The third kappa shape index (κ3) is 3.26. The highest BCUT2D eigenvalue weighted by Crippen LogP contribution is 2.19. The fourth-order valence-corrected chi connectivity index (χ4v) is 2.08. The summed E-state index contributed by atoms with van der Waals surface area (Å²) < 4.78 is 5.31. The normalized spacial score (nSPS) is 9.95. The Morgan fingerprint density at radius 2 is 1.95 bits per heavy atom. The summed E-state index contributed by atoms with van der Waals surface area (Å²) in [5, 5.41) is 0. The summed E-state index contributed by atoms with van der Waals surface area (Å²) >= 11 is 0. The van der Waals surface area contributed by atoms with Crippen LogP contribution in [0.15, 0.2) is 49.7 Å². The van der Waals surface area contributed by atoms with E-state index in [9.17, 15) is 4.79 Å². The van der Waals surface area contributed by atoms with Crippen molar-refractivity contribution in [2.24, 2.45) is 0 Å². The predicted molar refractivity (Wildman–Crippen MR) is 84.7 cm³/mol. The van der Waals surface area contributed by atoms with Crippen LogP contribution in [0.4, 0.5) is 0 Å². The van der Waals surface area contributed by atoms with E-state index in [1.54, 1.807) is 18.3 Å². The van der Waals surface area contributed by atoms with Gasteiger partial charge in [0, 0.05) is 6.20 Å². The molecule has 0 radical (unpaired) electrons. The molecule has 3 heteroatoms. The van der Waals surface area contributed by atoms with Gasteiger partial charge in [0.05, 0.1) is 0 Å². The smallest absolute Gasteiger partial charge is 0.357 e. The molecule has 0 unspecified atom stereocenters. The van der Waals surface area contributed by atoms with E-state index >= 15 is 0 Å². The molecule has 0 aliphatic rings. The van der Waals surface area contributed by atoms with E-state index in [0.29, 0.717) is 5.69 Å². The zero-order valence-corrected chi connectivity index (χ0v) is 12.0. The van der Waals surface area contributed by atoms with Crippen LogP contribution in [0.3, 0.4) is 0 Å². The lowest BCUT2D eigenvalue weighted by Gasteiger charge is -2.10. The van der Waals surface area contributed by atoms with Crippen LogP contribution in [-0.2, 0) is 11.3 Å². The van der Waals surface area contributed by atoms with E-state index in [4.69, 9.17) is 4.74 Å². The Balaban J connectivity index is 2.20. The third-order valence-corrected chi connectivity index (χ3v) is 3.23. The number of benzene rings is 1. The molecule has 0 amide bonds. The maximum absolute atomic E-state index is 12.2. The number of hydrogen-bond acceptors (Lipinski definition) is 3. The van der Waals surface area contributed by atoms with E-state index in [1.807, 2.05) is 37.3 Å². The van der Waals surface area contributed by atoms with E-state index < -0.39 is 5.97 Å². The zero-order valence-electron chi connectivity index (χ0n) is 12.0. The lowest BCUT2D eigenvalue weighted by Crippen LogP contribution is -2.11. The average molecular weight is 279 g/mol. The number of esters is 1. The molecule has 0 saturated carbocycles. The number of ether oxygens (including phenoxy) is 1. The number of carbonyl (C=O) groups excluding carboxylic acids is 1. The van der Waals surface area contributed by atoms with Gasteiger partial charge in [0.25, 0.3) is 0 Å². The van der Waals surface area contributed by atoms with Gasteiger partial charge < -0.3 is 4.74 Å². The number of aromatic nitrogens is 1. The highest BCUT2D eigenvalue weighted by atomic mass is 16.5. The van der Waals surface area contributed by atoms with Gasteiger partial charge in [-0.2, -0.15) is 0 Å². The fourth-order valence-electron chi connectivity index (χ4n) is 2.08. The van der Waals surface area contributed by atoms with Crippen molar-refractivity contribution < 1.29 is 9.53 Å². The fraction of sp³-hybridized carbons (Fsp3) is 0.111. The molecule has 0 aliphatic carbocycles. The Morgan fingerprint density at radius 3 is 2.57 bits per heavy atom. The Morgan fingerprint density at radius 1 is 1.24 bits per heavy atom. The van der Waals surface area contributed by atoms with E-state index in [2.05, 4.69) is 18.1 Å². The minimum absolute atomic E-state index is 0.230. The molecule has 1 aromatic heterocycles. The number of pyridine rings is 1. The Kier molecular flexibility index (Phi) is 4.67. The van der Waals surface area contributed by atoms with Crippen LogP contribution in [0.2, 0.25) is 0 Å². The van der Waals surface area contributed by atoms with Crippen molar-refractivity contribution in [2.45, 2.75) is 13.5 Å². The zero-order chi connectivity index (χ0) is 15.2. The standard InChI is InChI=1S/C18H17NO2/c1-4-15-11-19-17(13(3)16(15)5-2)18(20)21-12-14-9-7-6-8-10-14/h4-11H,1-2,12H2,3H3. The van der Waals surface area contributed by atoms with Gasteiger partial charge in [0.15, 0.2) is 5.69 Å². The van der Waals surface area contributed by atoms with E-state index in [0.717, 1.165) is 22.3 Å². The second kappa shape index (κ2) is 6.66. The molecule has 21 heavy (non-hydrogen) atoms. The molecule has 0 spiro atoms. The Labute approximate surface area is 124 Å². The van der Waals surface area contributed by atoms with Crippen LogP contribution in [0.1, 0.15) is 32.7 Å². The molecule has 0 atom stereocenters. The second-order valence-electron chi connectivity index (χ2n) is 4.57. The van der Waals surface area contributed by atoms with Gasteiger partial charge in [-0.3, -0.25) is 0 Å². The molecule has 0 aliphatic heterocycles. The lowest BCUT2D eigenvalue weighted by atomic mass is 10.0. The first-order chi connectivity index (χ1) is 10.2. The second-order valence-corrected chi connectivity index (χ2v) is 4.57. The van der Waals surface area contributed by atoms with Crippen LogP contribution < -0.4 is 0 Å². The summed E-state index contributed by atoms with van der Waals surface area (Å²) in [6, 6.07) is 9.54. The minimum atomic E-state index is -0.435. The molecule has 2 rings (SSSR count). The molecule has 0 fully saturated rings. The van der Waals surface area contributed by atoms with Gasteiger partial charge in [0.1, 0.15) is 6.61 Å². The molecular formula is C18H17NO2. The lowest BCUT2D eigenvalue weighted by molar-refractivity contribution is 0.0465. The van der Waals surface area contributed by atoms with Crippen molar-refractivity contribution in [3.63, 3.8) is 0 Å². The maximum atomic E-state index is 12.2. The highest BCUT2D eigenvalue weighted by molar-refractivity contribution is 5.90. The Hall–Kier alpha value is -2.68. The average Bonchev–Trinajstić information content (AvgIpc) is 2.53. The summed E-state index contributed by atoms with van der Waals surface area (Å²) in [5.74, 6) is -0.435. The number of nitrogens with zero attached hydrogens (tertiary/aromatic N) is 1. The molecule has 0 N–H and O–H groups in total. The quantitative estimate of drug-likeness (QED) is 0.776. The molecule has 1 aromatic carbocycles. The van der Waals surface area contributed by atoms with Crippen molar-refractivity contribution in [1.29, 1.82) is 0 Å². The van der Waals surface area contributed by atoms with Crippen LogP contribution in [-0.4, -0.2) is 11.0 Å². The van der Waals surface area contributed by atoms with Crippen molar-refractivity contribution in [2.75, 3.05) is 0 Å². The predicted octanol–water partition coefficient (Wildman–Crippen LogP) is 4.03. The Bertz CT molecular complexity index is 675. The first-order valence-corrected chi connectivity index (χ1v) is 6.63. The van der Waals surface area contributed by atoms with Crippen molar-refractivity contribution in [3.8, 4) is 0 Å². The molecule has 106 valence electrons. The van der Waals surface area contributed by atoms with Gasteiger partial charge >= 0.3 is 5.97 Å². The summed E-state index contributed by atoms with van der Waals surface area (Å²) in [7, 11) is 0. The minimum Gasteiger partial charge on any atom is -0.456 e. The maximum Gasteiger partial charge on any atom is 0.357 e. The number of carbonyl (C=O) groups is 1. The molecule has 3 nitrogen and oxygen atoms in total. The van der Waals surface area contributed by atoms with Gasteiger partial charge in [-0.25, -0.2) is 9.78 Å². The summed E-state index contributed by atoms with van der Waals surface area (Å²) in [6.45, 7) is 9.55. The molecule has 0 saturated heterocycles. The SMILES string of the molecule is C=Cc1cnc(C(=O)OCc2ccccc2)c(C)c1C=C. The highest BCUT2D eigenvalue weighted by Gasteiger charge is 2.16. The third-order valence-electron chi connectivity index (χ3n) is 3.23.